The number of imide groups is 1. The van der Waals surface area contributed by atoms with Gasteiger partial charge in [-0.15, -0.1) is 0 Å². The molecule has 0 saturated carbocycles. The maximum atomic E-state index is 11.4. The van der Waals surface area contributed by atoms with E-state index < -0.39 is 11.8 Å². The van der Waals surface area contributed by atoms with Crippen molar-refractivity contribution in [3.63, 3.8) is 0 Å². The van der Waals surface area contributed by atoms with Crippen LogP contribution in [0, 0.1) is 17.2 Å². The van der Waals surface area contributed by atoms with Gasteiger partial charge in [-0.25, -0.2) is 0 Å². The van der Waals surface area contributed by atoms with Crippen LogP contribution in [0.4, 0.5) is 0 Å². The van der Waals surface area contributed by atoms with Gasteiger partial charge in [0.25, 0.3) is 5.91 Å². The predicted octanol–water partition coefficient (Wildman–Crippen LogP) is 0.653. The van der Waals surface area contributed by atoms with Crippen molar-refractivity contribution < 1.29 is 9.59 Å². The van der Waals surface area contributed by atoms with Crippen LogP contribution in [0.3, 0.4) is 0 Å². The summed E-state index contributed by atoms with van der Waals surface area (Å²) in [7, 11) is 0. The van der Waals surface area contributed by atoms with Crippen LogP contribution in [0.25, 0.3) is 0 Å². The van der Waals surface area contributed by atoms with E-state index in [4.69, 9.17) is 5.26 Å². The van der Waals surface area contributed by atoms with Gasteiger partial charge in [-0.3, -0.25) is 14.9 Å². The lowest BCUT2D eigenvalue weighted by atomic mass is 9.81. The molecule has 2 aliphatic rings. The number of carbonyl (C=O) groups is 2. The van der Waals surface area contributed by atoms with Gasteiger partial charge in [0, 0.05) is 5.57 Å². The zero-order valence-corrected chi connectivity index (χ0v) is 7.67. The molecule has 0 fully saturated rings. The van der Waals surface area contributed by atoms with Crippen molar-refractivity contribution in [3.8, 4) is 6.07 Å². The lowest BCUT2D eigenvalue weighted by Crippen LogP contribution is -2.43. The molecule has 1 heterocycles. The van der Waals surface area contributed by atoms with Crippen molar-refractivity contribution in [2.45, 2.75) is 25.7 Å². The number of nitrogens with zero attached hydrogens (tertiary/aromatic N) is 1. The Hall–Kier alpha value is -1.63. The largest absolute Gasteiger partial charge is 0.291 e. The van der Waals surface area contributed by atoms with Crippen LogP contribution >= 0.6 is 0 Å². The van der Waals surface area contributed by atoms with Gasteiger partial charge in [-0.05, 0) is 31.3 Å². The van der Waals surface area contributed by atoms with Crippen molar-refractivity contribution in [1.82, 2.24) is 5.32 Å². The first-order valence-corrected chi connectivity index (χ1v) is 4.70. The number of hydrogen-bond acceptors (Lipinski definition) is 3. The molecule has 0 aromatic carbocycles. The zero-order chi connectivity index (χ0) is 10.1. The summed E-state index contributed by atoms with van der Waals surface area (Å²) < 4.78 is 0. The van der Waals surface area contributed by atoms with Crippen molar-refractivity contribution in [1.29, 1.82) is 5.26 Å². The molecule has 1 aliphatic heterocycles. The van der Waals surface area contributed by atoms with Crippen LogP contribution in [0.2, 0.25) is 0 Å². The Balaban J connectivity index is 2.45. The SMILES string of the molecule is N#CC1C(=O)NC(=O)C2=C1CCCC2. The normalized spacial score (nSPS) is 26.6. The van der Waals surface area contributed by atoms with Crippen LogP contribution in [0.5, 0.6) is 0 Å². The van der Waals surface area contributed by atoms with E-state index in [2.05, 4.69) is 5.32 Å². The molecule has 1 N–H and O–H groups in total. The fourth-order valence-corrected chi connectivity index (χ4v) is 2.06. The van der Waals surface area contributed by atoms with E-state index in [1.807, 2.05) is 6.07 Å². The first-order chi connectivity index (χ1) is 6.74. The Kier molecular flexibility index (Phi) is 2.08. The van der Waals surface area contributed by atoms with Gasteiger partial charge in [0.1, 0.15) is 5.92 Å². The second-order valence-corrected chi connectivity index (χ2v) is 3.59. The average Bonchev–Trinajstić information content (AvgIpc) is 2.18. The summed E-state index contributed by atoms with van der Waals surface area (Å²) in [5, 5.41) is 11.1. The van der Waals surface area contributed by atoms with Gasteiger partial charge in [0.15, 0.2) is 0 Å². The summed E-state index contributed by atoms with van der Waals surface area (Å²) >= 11 is 0. The number of hydrogen-bond donors (Lipinski definition) is 1. The summed E-state index contributed by atoms with van der Waals surface area (Å²) in [6, 6.07) is 1.95. The predicted molar refractivity (Wildman–Crippen MR) is 47.7 cm³/mol. The van der Waals surface area contributed by atoms with E-state index in [1.165, 1.54) is 0 Å². The lowest BCUT2D eigenvalue weighted by Gasteiger charge is -2.26. The van der Waals surface area contributed by atoms with Crippen LogP contribution in [-0.4, -0.2) is 11.8 Å². The molecule has 0 aromatic rings. The highest BCUT2D eigenvalue weighted by atomic mass is 16.2. The third kappa shape index (κ3) is 1.22. The van der Waals surface area contributed by atoms with Gasteiger partial charge in [-0.1, -0.05) is 0 Å². The number of carbonyl (C=O) groups excluding carboxylic acids is 2. The van der Waals surface area contributed by atoms with Crippen LogP contribution in [0.15, 0.2) is 11.1 Å². The molecule has 2 amide bonds. The summed E-state index contributed by atoms with van der Waals surface area (Å²) in [6.45, 7) is 0. The molecule has 14 heavy (non-hydrogen) atoms. The maximum Gasteiger partial charge on any atom is 0.253 e. The highest BCUT2D eigenvalue weighted by Crippen LogP contribution is 2.32. The van der Waals surface area contributed by atoms with Crippen LogP contribution in [0.1, 0.15) is 25.7 Å². The zero-order valence-electron chi connectivity index (χ0n) is 7.67. The molecular weight excluding hydrogens is 180 g/mol. The highest BCUT2D eigenvalue weighted by molar-refractivity contribution is 6.10. The van der Waals surface area contributed by atoms with Gasteiger partial charge in [-0.2, -0.15) is 5.26 Å². The van der Waals surface area contributed by atoms with Gasteiger partial charge >= 0.3 is 0 Å². The summed E-state index contributed by atoms with van der Waals surface area (Å²) in [5.41, 5.74) is 1.43. The molecule has 0 radical (unpaired) electrons. The quantitative estimate of drug-likeness (QED) is 0.570. The molecule has 0 saturated heterocycles. The van der Waals surface area contributed by atoms with Gasteiger partial charge < -0.3 is 0 Å². The summed E-state index contributed by atoms with van der Waals surface area (Å²) in [6.07, 6.45) is 3.36. The first-order valence-electron chi connectivity index (χ1n) is 4.70. The fourth-order valence-electron chi connectivity index (χ4n) is 2.06. The highest BCUT2D eigenvalue weighted by Gasteiger charge is 2.35. The minimum Gasteiger partial charge on any atom is -0.291 e. The molecule has 0 aromatic heterocycles. The van der Waals surface area contributed by atoms with Gasteiger partial charge in [0.05, 0.1) is 6.07 Å². The average molecular weight is 190 g/mol. The van der Waals surface area contributed by atoms with Crippen molar-refractivity contribution >= 4 is 11.8 Å². The molecule has 72 valence electrons. The molecule has 0 spiro atoms. The summed E-state index contributed by atoms with van der Waals surface area (Å²) in [5.74, 6) is -1.49. The third-order valence-corrected chi connectivity index (χ3v) is 2.76. The van der Waals surface area contributed by atoms with Crippen molar-refractivity contribution in [3.05, 3.63) is 11.1 Å². The monoisotopic (exact) mass is 190 g/mol. The lowest BCUT2D eigenvalue weighted by molar-refractivity contribution is -0.130. The first kappa shape index (κ1) is 8.95. The maximum absolute atomic E-state index is 11.4. The molecule has 4 nitrogen and oxygen atoms in total. The molecule has 1 atom stereocenters. The Morgan fingerprint density at radius 3 is 2.71 bits per heavy atom. The number of amides is 2. The third-order valence-electron chi connectivity index (χ3n) is 2.76. The molecule has 0 bridgehead atoms. The molecule has 4 heteroatoms. The van der Waals surface area contributed by atoms with E-state index >= 15 is 0 Å². The van der Waals surface area contributed by atoms with E-state index in [0.717, 1.165) is 18.4 Å². The number of nitriles is 1. The van der Waals surface area contributed by atoms with Crippen LogP contribution in [-0.2, 0) is 9.59 Å². The second kappa shape index (κ2) is 3.26. The molecular formula is C10H10N2O2. The molecule has 2 rings (SSSR count). The standard InChI is InChI=1S/C10H10N2O2/c11-5-8-6-3-1-2-4-7(6)9(13)12-10(8)14/h8H,1-4H2,(H,12,13,14). The Morgan fingerprint density at radius 2 is 2.00 bits per heavy atom. The van der Waals surface area contributed by atoms with E-state index in [0.29, 0.717) is 18.4 Å². The Labute approximate surface area is 81.6 Å². The fraction of sp³-hybridized carbons (Fsp3) is 0.500. The minimum absolute atomic E-state index is 0.295. The Morgan fingerprint density at radius 1 is 1.29 bits per heavy atom. The summed E-state index contributed by atoms with van der Waals surface area (Å²) in [4.78, 5) is 22.7. The van der Waals surface area contributed by atoms with E-state index in [-0.39, 0.29) is 5.91 Å². The van der Waals surface area contributed by atoms with Crippen LogP contribution < -0.4 is 5.32 Å². The van der Waals surface area contributed by atoms with Gasteiger partial charge in [0.2, 0.25) is 5.91 Å². The smallest absolute Gasteiger partial charge is 0.253 e. The molecule has 1 unspecified atom stereocenters. The van der Waals surface area contributed by atoms with Crippen molar-refractivity contribution in [2.75, 3.05) is 0 Å². The number of nitrogens with one attached hydrogen (secondary N) is 1. The topological polar surface area (TPSA) is 70.0 Å². The van der Waals surface area contributed by atoms with Crippen molar-refractivity contribution in [2.24, 2.45) is 5.92 Å². The minimum atomic E-state index is -0.733. The molecule has 1 aliphatic carbocycles. The van der Waals surface area contributed by atoms with E-state index in [1.54, 1.807) is 0 Å². The Bertz CT molecular complexity index is 376. The number of rotatable bonds is 0. The van der Waals surface area contributed by atoms with E-state index in [9.17, 15) is 9.59 Å². The second-order valence-electron chi connectivity index (χ2n) is 3.59.